The van der Waals surface area contributed by atoms with Crippen LogP contribution in [0.5, 0.6) is 0 Å². The number of thiazole rings is 1. The van der Waals surface area contributed by atoms with Gasteiger partial charge in [0.05, 0.1) is 5.60 Å². The summed E-state index contributed by atoms with van der Waals surface area (Å²) in [5, 5.41) is 15.2. The molecule has 0 aliphatic rings. The zero-order valence-corrected chi connectivity index (χ0v) is 19.8. The van der Waals surface area contributed by atoms with Crippen LogP contribution in [0, 0.1) is 5.41 Å². The highest BCUT2D eigenvalue weighted by atomic mass is 32.1. The quantitative estimate of drug-likeness (QED) is 0.597. The Bertz CT molecular complexity index is 655. The van der Waals surface area contributed by atoms with E-state index in [1.54, 1.807) is 45.9 Å². The fourth-order valence-electron chi connectivity index (χ4n) is 2.85. The number of anilines is 1. The van der Waals surface area contributed by atoms with Crippen LogP contribution in [0.15, 0.2) is 11.6 Å². The van der Waals surface area contributed by atoms with Gasteiger partial charge < -0.3 is 15.2 Å². The molecule has 0 fully saturated rings. The number of aromatic nitrogens is 1. The Kier molecular flexibility index (Phi) is 9.24. The van der Waals surface area contributed by atoms with Gasteiger partial charge in [-0.25, -0.2) is 4.98 Å². The number of rotatable bonds is 10. The van der Waals surface area contributed by atoms with Gasteiger partial charge in [0.15, 0.2) is 5.13 Å². The molecule has 8 heteroatoms. The van der Waals surface area contributed by atoms with Crippen LogP contribution in [0.2, 0.25) is 0 Å². The molecular formula is C21H37N3O4S. The average molecular weight is 428 g/mol. The second-order valence-corrected chi connectivity index (χ2v) is 10.1. The van der Waals surface area contributed by atoms with Crippen molar-refractivity contribution in [3.05, 3.63) is 11.6 Å². The first-order chi connectivity index (χ1) is 13.3. The summed E-state index contributed by atoms with van der Waals surface area (Å²) in [6.07, 6.45) is 3.01. The van der Waals surface area contributed by atoms with Gasteiger partial charge in [0, 0.05) is 24.7 Å². The maximum atomic E-state index is 13.2. The predicted molar refractivity (Wildman–Crippen MR) is 117 cm³/mol. The van der Waals surface area contributed by atoms with E-state index < -0.39 is 23.5 Å². The number of amides is 2. The van der Waals surface area contributed by atoms with E-state index in [0.717, 1.165) is 19.3 Å². The van der Waals surface area contributed by atoms with Gasteiger partial charge in [-0.2, -0.15) is 0 Å². The van der Waals surface area contributed by atoms with Crippen LogP contribution in [0.3, 0.4) is 0 Å². The van der Waals surface area contributed by atoms with Crippen LogP contribution in [0.25, 0.3) is 0 Å². The second kappa shape index (κ2) is 10.5. The molecule has 0 aliphatic heterocycles. The van der Waals surface area contributed by atoms with Crippen molar-refractivity contribution in [2.45, 2.75) is 91.5 Å². The van der Waals surface area contributed by atoms with Crippen LogP contribution in [-0.4, -0.2) is 52.8 Å². The number of aliphatic hydroxyl groups is 1. The van der Waals surface area contributed by atoms with Crippen molar-refractivity contribution >= 4 is 28.3 Å². The molecule has 1 rings (SSSR count). The molecule has 2 amide bonds. The van der Waals surface area contributed by atoms with Crippen molar-refractivity contribution in [3.8, 4) is 0 Å². The molecule has 1 aromatic heterocycles. The molecule has 7 nitrogen and oxygen atoms in total. The lowest BCUT2D eigenvalue weighted by Gasteiger charge is -2.32. The molecule has 1 aromatic rings. The molecule has 0 aromatic carbocycles. The summed E-state index contributed by atoms with van der Waals surface area (Å²) in [5.41, 5.74) is -0.816. The number of hydrogen-bond acceptors (Lipinski definition) is 6. The highest BCUT2D eigenvalue weighted by Gasteiger charge is 2.33. The number of methoxy groups -OCH3 is 1. The van der Waals surface area contributed by atoms with E-state index >= 15 is 0 Å². The van der Waals surface area contributed by atoms with E-state index in [9.17, 15) is 14.7 Å². The fraction of sp³-hybridized carbons (Fsp3) is 0.762. The number of nitrogens with zero attached hydrogens (tertiary/aromatic N) is 2. The molecule has 29 heavy (non-hydrogen) atoms. The SMILES string of the molecule is COC(C)(C)CCCC(C)N(C(=O)C(C)NC(=O)C(O)C(C)(C)C)c1nccs1. The zero-order valence-electron chi connectivity index (χ0n) is 19.0. The summed E-state index contributed by atoms with van der Waals surface area (Å²) in [7, 11) is 1.70. The molecule has 3 unspecified atom stereocenters. The minimum atomic E-state index is -1.19. The third-order valence-corrected chi connectivity index (χ3v) is 5.83. The lowest BCUT2D eigenvalue weighted by molar-refractivity contribution is -0.137. The van der Waals surface area contributed by atoms with Gasteiger partial charge in [-0.1, -0.05) is 20.8 Å². The van der Waals surface area contributed by atoms with Crippen LogP contribution in [-0.2, 0) is 14.3 Å². The first-order valence-corrected chi connectivity index (χ1v) is 10.9. The number of aliphatic hydroxyl groups excluding tert-OH is 1. The smallest absolute Gasteiger partial charge is 0.251 e. The van der Waals surface area contributed by atoms with E-state index in [4.69, 9.17) is 4.74 Å². The van der Waals surface area contributed by atoms with E-state index in [1.165, 1.54) is 11.3 Å². The first kappa shape index (κ1) is 25.5. The van der Waals surface area contributed by atoms with Crippen molar-refractivity contribution in [2.75, 3.05) is 12.0 Å². The Balaban J connectivity index is 2.86. The number of hydrogen-bond donors (Lipinski definition) is 2. The third-order valence-electron chi connectivity index (χ3n) is 5.05. The second-order valence-electron chi connectivity index (χ2n) is 9.23. The van der Waals surface area contributed by atoms with Crippen LogP contribution >= 0.6 is 11.3 Å². The molecule has 3 atom stereocenters. The van der Waals surface area contributed by atoms with Gasteiger partial charge in [0.25, 0.3) is 5.91 Å². The maximum absolute atomic E-state index is 13.2. The molecule has 2 N–H and O–H groups in total. The van der Waals surface area contributed by atoms with Crippen LogP contribution in [0.1, 0.15) is 67.7 Å². The number of ether oxygens (including phenoxy) is 1. The topological polar surface area (TPSA) is 91.8 Å². The molecule has 166 valence electrons. The van der Waals surface area contributed by atoms with Gasteiger partial charge in [-0.3, -0.25) is 14.5 Å². The maximum Gasteiger partial charge on any atom is 0.251 e. The summed E-state index contributed by atoms with van der Waals surface area (Å²) in [6, 6.07) is -0.866. The summed E-state index contributed by atoms with van der Waals surface area (Å²) >= 11 is 1.39. The van der Waals surface area contributed by atoms with Crippen molar-refractivity contribution in [3.63, 3.8) is 0 Å². The summed E-state index contributed by atoms with van der Waals surface area (Å²) in [5.74, 6) is -0.792. The summed E-state index contributed by atoms with van der Waals surface area (Å²) in [6.45, 7) is 13.0. The molecular weight excluding hydrogens is 390 g/mol. The highest BCUT2D eigenvalue weighted by Crippen LogP contribution is 2.25. The number of carbonyl (C=O) groups is 2. The lowest BCUT2D eigenvalue weighted by atomic mass is 9.88. The van der Waals surface area contributed by atoms with E-state index in [-0.39, 0.29) is 17.6 Å². The summed E-state index contributed by atoms with van der Waals surface area (Å²) < 4.78 is 5.47. The van der Waals surface area contributed by atoms with Gasteiger partial charge in [-0.05, 0) is 52.4 Å². The van der Waals surface area contributed by atoms with E-state index in [0.29, 0.717) is 5.13 Å². The normalized spacial score (nSPS) is 15.5. The van der Waals surface area contributed by atoms with E-state index in [2.05, 4.69) is 10.3 Å². The standard InChI is InChI=1S/C21H37N3O4S/c1-14(10-9-11-21(6,7)28-8)24(19-22-12-13-29-19)18(27)15(2)23-17(26)16(25)20(3,4)5/h12-16,25H,9-11H2,1-8H3,(H,23,26). The summed E-state index contributed by atoms with van der Waals surface area (Å²) in [4.78, 5) is 31.5. The van der Waals surface area contributed by atoms with Gasteiger partial charge >= 0.3 is 0 Å². The Morgan fingerprint density at radius 1 is 1.28 bits per heavy atom. The Morgan fingerprint density at radius 2 is 1.90 bits per heavy atom. The van der Waals surface area contributed by atoms with Crippen LogP contribution in [0.4, 0.5) is 5.13 Å². The minimum absolute atomic E-state index is 0.0896. The highest BCUT2D eigenvalue weighted by molar-refractivity contribution is 7.13. The number of carbonyl (C=O) groups excluding carboxylic acids is 2. The average Bonchev–Trinajstić information content (AvgIpc) is 3.14. The first-order valence-electron chi connectivity index (χ1n) is 10.1. The van der Waals surface area contributed by atoms with Crippen molar-refractivity contribution in [1.82, 2.24) is 10.3 Å². The molecule has 0 saturated heterocycles. The zero-order chi connectivity index (χ0) is 22.4. The predicted octanol–water partition coefficient (Wildman–Crippen LogP) is 3.37. The minimum Gasteiger partial charge on any atom is -0.383 e. The lowest BCUT2D eigenvalue weighted by Crippen LogP contribution is -2.53. The number of nitrogens with one attached hydrogen (secondary N) is 1. The molecule has 1 heterocycles. The molecule has 0 radical (unpaired) electrons. The van der Waals surface area contributed by atoms with E-state index in [1.807, 2.05) is 26.2 Å². The van der Waals surface area contributed by atoms with Gasteiger partial charge in [0.1, 0.15) is 12.1 Å². The van der Waals surface area contributed by atoms with Crippen molar-refractivity contribution in [2.24, 2.45) is 5.41 Å². The Hall–Kier alpha value is -1.51. The van der Waals surface area contributed by atoms with Crippen molar-refractivity contribution < 1.29 is 19.4 Å². The molecule has 0 aliphatic carbocycles. The van der Waals surface area contributed by atoms with Gasteiger partial charge in [-0.15, -0.1) is 11.3 Å². The molecule has 0 spiro atoms. The Labute approximate surface area is 178 Å². The van der Waals surface area contributed by atoms with Gasteiger partial charge in [0.2, 0.25) is 5.91 Å². The monoisotopic (exact) mass is 427 g/mol. The van der Waals surface area contributed by atoms with Crippen LogP contribution < -0.4 is 10.2 Å². The fourth-order valence-corrected chi connectivity index (χ4v) is 3.59. The molecule has 0 bridgehead atoms. The third kappa shape index (κ3) is 7.68. The van der Waals surface area contributed by atoms with Crippen molar-refractivity contribution in [1.29, 1.82) is 0 Å². The Morgan fingerprint density at radius 3 is 2.38 bits per heavy atom. The largest absolute Gasteiger partial charge is 0.383 e. The molecule has 0 saturated carbocycles.